The molecule has 2 saturated carbocycles. The Hall–Kier alpha value is -4.22. The molecule has 5 atom stereocenters. The quantitative estimate of drug-likeness (QED) is 0.232. The average molecular weight is 789 g/mol. The summed E-state index contributed by atoms with van der Waals surface area (Å²) in [6.07, 6.45) is 1.32. The van der Waals surface area contributed by atoms with E-state index in [0.29, 0.717) is 23.6 Å². The first-order valence-corrected chi connectivity index (χ1v) is 20.9. The zero-order valence-corrected chi connectivity index (χ0v) is 33.7. The van der Waals surface area contributed by atoms with Crippen molar-refractivity contribution in [2.24, 2.45) is 11.3 Å². The van der Waals surface area contributed by atoms with Crippen molar-refractivity contribution in [3.63, 3.8) is 0 Å². The van der Waals surface area contributed by atoms with Crippen molar-refractivity contribution in [2.45, 2.75) is 107 Å². The highest BCUT2D eigenvalue weighted by molar-refractivity contribution is 7.91. The number of likely N-dealkylation sites (tertiary alicyclic amines) is 1. The van der Waals surface area contributed by atoms with Gasteiger partial charge in [-0.15, -0.1) is 6.58 Å². The van der Waals surface area contributed by atoms with Crippen molar-refractivity contribution in [3.8, 4) is 0 Å². The number of sulfonamides is 2. The van der Waals surface area contributed by atoms with Gasteiger partial charge in [0.2, 0.25) is 31.9 Å². The minimum absolute atomic E-state index is 0.00735. The summed E-state index contributed by atoms with van der Waals surface area (Å²) < 4.78 is 63.8. The van der Waals surface area contributed by atoms with E-state index in [2.05, 4.69) is 26.7 Å². The van der Waals surface area contributed by atoms with Gasteiger partial charge in [-0.25, -0.2) is 26.4 Å². The number of nitrogens with one attached hydrogen (secondary N) is 4. The van der Waals surface area contributed by atoms with E-state index in [1.165, 1.54) is 17.0 Å². The van der Waals surface area contributed by atoms with E-state index in [-0.39, 0.29) is 24.3 Å². The third-order valence-electron chi connectivity index (χ3n) is 9.86. The highest BCUT2D eigenvalue weighted by Gasteiger charge is 2.62. The summed E-state index contributed by atoms with van der Waals surface area (Å²) in [4.78, 5) is 58.3. The number of carbonyl (C=O) groups excluding carboxylic acids is 4. The summed E-state index contributed by atoms with van der Waals surface area (Å²) in [6.45, 7) is 13.7. The Bertz CT molecular complexity index is 2070. The Morgan fingerprint density at radius 3 is 2.17 bits per heavy atom. The smallest absolute Gasteiger partial charge is 0.408 e. The van der Waals surface area contributed by atoms with E-state index in [0.717, 1.165) is 5.69 Å². The molecule has 5 rings (SSSR count). The number of hydrogen-bond acceptors (Lipinski definition) is 10. The summed E-state index contributed by atoms with van der Waals surface area (Å²) in [7, 11) is -4.49. The molecule has 0 radical (unpaired) electrons. The number of hydrogen-bond donors (Lipinski definition) is 4. The highest BCUT2D eigenvalue weighted by Crippen LogP contribution is 2.45. The SMILES string of the molecule is C=CC1CC1(NC(=O)[C@@H]1C[C@@H](NS(=O)(=O)c2cccc3c(N(C)C)cccc23)CN1C(=O)[C@@H](NC(=O)OC(C)(C)C)C(C)(C)C)C(=O)NS(=O)(=O)C1CC1. The van der Waals surface area contributed by atoms with Gasteiger partial charge in [0.1, 0.15) is 23.2 Å². The molecule has 3 fully saturated rings. The van der Waals surface area contributed by atoms with E-state index in [1.54, 1.807) is 59.7 Å². The van der Waals surface area contributed by atoms with Gasteiger partial charge >= 0.3 is 6.09 Å². The lowest BCUT2D eigenvalue weighted by molar-refractivity contribution is -0.142. The third kappa shape index (κ3) is 8.68. The lowest BCUT2D eigenvalue weighted by Crippen LogP contribution is -2.60. The minimum atomic E-state index is -4.24. The van der Waals surface area contributed by atoms with Crippen LogP contribution in [-0.4, -0.2) is 101 Å². The number of fused-ring (bicyclic) bond motifs is 1. The van der Waals surface area contributed by atoms with Crippen LogP contribution in [0.15, 0.2) is 53.9 Å². The molecule has 2 unspecified atom stereocenters. The van der Waals surface area contributed by atoms with Crippen molar-refractivity contribution in [1.82, 2.24) is 25.0 Å². The fraction of sp³-hybridized carbons (Fsp3) is 0.568. The zero-order chi connectivity index (χ0) is 40.2. The second-order valence-corrected chi connectivity index (χ2v) is 20.4. The second-order valence-electron chi connectivity index (χ2n) is 16.7. The molecule has 2 aromatic rings. The summed E-state index contributed by atoms with van der Waals surface area (Å²) in [5.41, 5.74) is -2.61. The van der Waals surface area contributed by atoms with Crippen LogP contribution in [0.4, 0.5) is 10.5 Å². The zero-order valence-electron chi connectivity index (χ0n) is 32.1. The lowest BCUT2D eigenvalue weighted by atomic mass is 9.85. The maximum absolute atomic E-state index is 14.5. The Labute approximate surface area is 317 Å². The second kappa shape index (κ2) is 14.5. The van der Waals surface area contributed by atoms with Crippen LogP contribution < -0.4 is 25.0 Å². The van der Waals surface area contributed by atoms with Crippen LogP contribution in [0, 0.1) is 11.3 Å². The first kappa shape index (κ1) is 41.0. The van der Waals surface area contributed by atoms with Gasteiger partial charge in [0.25, 0.3) is 5.91 Å². The molecule has 1 aliphatic heterocycles. The van der Waals surface area contributed by atoms with Crippen LogP contribution in [0.1, 0.15) is 67.2 Å². The molecule has 2 aromatic carbocycles. The predicted molar refractivity (Wildman–Crippen MR) is 204 cm³/mol. The van der Waals surface area contributed by atoms with Gasteiger partial charge in [-0.2, -0.15) is 0 Å². The van der Waals surface area contributed by atoms with Crippen molar-refractivity contribution in [1.29, 1.82) is 0 Å². The number of nitrogens with zero attached hydrogens (tertiary/aromatic N) is 2. The van der Waals surface area contributed by atoms with Crippen molar-refractivity contribution >= 4 is 60.3 Å². The van der Waals surface area contributed by atoms with E-state index in [4.69, 9.17) is 4.74 Å². The van der Waals surface area contributed by atoms with Crippen LogP contribution in [-0.2, 0) is 39.2 Å². The largest absolute Gasteiger partial charge is 0.444 e. The van der Waals surface area contributed by atoms with Crippen molar-refractivity contribution in [2.75, 3.05) is 25.5 Å². The lowest BCUT2D eigenvalue weighted by Gasteiger charge is -2.36. The van der Waals surface area contributed by atoms with Crippen LogP contribution in [0.3, 0.4) is 0 Å². The van der Waals surface area contributed by atoms with Crippen LogP contribution in [0.5, 0.6) is 0 Å². The predicted octanol–water partition coefficient (Wildman–Crippen LogP) is 2.76. The monoisotopic (exact) mass is 788 g/mol. The molecule has 0 spiro atoms. The number of carbonyl (C=O) groups is 4. The Morgan fingerprint density at radius 1 is 0.981 bits per heavy atom. The Balaban J connectivity index is 1.48. The first-order valence-electron chi connectivity index (χ1n) is 17.9. The molecular formula is C37H52N6O9S2. The molecule has 4 amide bonds. The summed E-state index contributed by atoms with van der Waals surface area (Å²) in [5, 5.41) is 5.85. The molecule has 1 saturated heterocycles. The van der Waals surface area contributed by atoms with Crippen molar-refractivity contribution < 1.29 is 40.8 Å². The fourth-order valence-electron chi connectivity index (χ4n) is 6.84. The number of amides is 4. The Kier molecular flexibility index (Phi) is 11.0. The van der Waals surface area contributed by atoms with Crippen LogP contribution >= 0.6 is 0 Å². The molecule has 4 N–H and O–H groups in total. The highest BCUT2D eigenvalue weighted by atomic mass is 32.2. The van der Waals surface area contributed by atoms with Gasteiger partial charge in [-0.05, 0) is 64.0 Å². The minimum Gasteiger partial charge on any atom is -0.444 e. The van der Waals surface area contributed by atoms with Gasteiger partial charge in [-0.3, -0.25) is 19.1 Å². The number of benzene rings is 2. The van der Waals surface area contributed by atoms with E-state index in [1.807, 2.05) is 31.1 Å². The third-order valence-corrected chi connectivity index (χ3v) is 13.3. The van der Waals surface area contributed by atoms with Gasteiger partial charge < -0.3 is 25.2 Å². The normalized spacial score (nSPS) is 23.6. The molecular weight excluding hydrogens is 737 g/mol. The van der Waals surface area contributed by atoms with Crippen LogP contribution in [0.2, 0.25) is 0 Å². The Morgan fingerprint density at radius 2 is 1.61 bits per heavy atom. The molecule has 3 aliphatic rings. The molecule has 17 heteroatoms. The summed E-state index contributed by atoms with van der Waals surface area (Å²) in [5.74, 6) is -2.97. The van der Waals surface area contributed by atoms with Crippen LogP contribution in [0.25, 0.3) is 10.8 Å². The molecule has 54 heavy (non-hydrogen) atoms. The molecule has 2 aliphatic carbocycles. The van der Waals surface area contributed by atoms with Gasteiger partial charge in [-0.1, -0.05) is 51.1 Å². The van der Waals surface area contributed by atoms with Gasteiger partial charge in [0.15, 0.2) is 0 Å². The number of ether oxygens (including phenoxy) is 1. The standard InChI is InChI=1S/C37H52N6O9S2/c1-10-22-20-37(22,33(46)41-53(48,49)24-17-18-24)39-31(44)28-19-23(21-43(28)32(45)30(35(2,3)4)38-34(47)52-36(5,6)7)40-54(50,51)29-16-12-13-25-26(29)14-11-15-27(25)42(8)9/h10-16,22-24,28,30,40H,1,17-21H2,2-9H3,(H,38,47)(H,39,44)(H,41,46)/t22?,23-,28+,30-,37?/m1/s1. The molecule has 0 aromatic heterocycles. The molecule has 1 heterocycles. The fourth-order valence-corrected chi connectivity index (χ4v) is 9.67. The van der Waals surface area contributed by atoms with E-state index < -0.39 is 89.7 Å². The van der Waals surface area contributed by atoms with Gasteiger partial charge in [0, 0.05) is 49.1 Å². The topological polar surface area (TPSA) is 200 Å². The molecule has 296 valence electrons. The molecule has 15 nitrogen and oxygen atoms in total. The average Bonchev–Trinajstić information content (AvgIpc) is 3.98. The van der Waals surface area contributed by atoms with E-state index >= 15 is 0 Å². The van der Waals surface area contributed by atoms with Gasteiger partial charge in [0.05, 0.1) is 10.1 Å². The summed E-state index contributed by atoms with van der Waals surface area (Å²) in [6, 6.07) is 6.76. The van der Waals surface area contributed by atoms with Crippen molar-refractivity contribution in [3.05, 3.63) is 49.1 Å². The maximum atomic E-state index is 14.5. The van der Waals surface area contributed by atoms with E-state index in [9.17, 15) is 36.0 Å². The number of alkyl carbamates (subject to hydrolysis) is 1. The first-order chi connectivity index (χ1) is 24.9. The maximum Gasteiger partial charge on any atom is 0.408 e. The number of rotatable bonds is 12. The number of anilines is 1. The summed E-state index contributed by atoms with van der Waals surface area (Å²) >= 11 is 0. The molecule has 0 bridgehead atoms.